The van der Waals surface area contributed by atoms with Crippen LogP contribution in [0, 0.1) is 11.8 Å². The first-order valence-electron chi connectivity index (χ1n) is 11.3. The minimum absolute atomic E-state index is 0.251. The van der Waals surface area contributed by atoms with Crippen LogP contribution < -0.4 is 14.2 Å². The molecule has 1 unspecified atom stereocenters. The van der Waals surface area contributed by atoms with E-state index in [1.165, 1.54) is 32.4 Å². The van der Waals surface area contributed by atoms with Gasteiger partial charge in [-0.25, -0.2) is 0 Å². The topological polar surface area (TPSA) is 51.2 Å². The smallest absolute Gasteiger partial charge is 0.222 e. The first-order valence-corrected chi connectivity index (χ1v) is 11.3. The van der Waals surface area contributed by atoms with Crippen LogP contribution in [0.5, 0.6) is 17.2 Å². The highest BCUT2D eigenvalue weighted by molar-refractivity contribution is 5.76. The van der Waals surface area contributed by atoms with E-state index in [2.05, 4.69) is 16.7 Å². The van der Waals surface area contributed by atoms with Crippen molar-refractivity contribution in [3.05, 3.63) is 17.7 Å². The molecule has 0 N–H and O–H groups in total. The number of aryl methyl sites for hydroxylation is 1. The summed E-state index contributed by atoms with van der Waals surface area (Å²) in [4.78, 5) is 17.6. The normalized spacial score (nSPS) is 20.8. The minimum atomic E-state index is 0.251. The van der Waals surface area contributed by atoms with Gasteiger partial charge in [0.15, 0.2) is 11.5 Å². The Balaban J connectivity index is 1.53. The average molecular weight is 419 g/mol. The molecule has 2 heterocycles. The number of benzene rings is 1. The number of hydrogen-bond acceptors (Lipinski definition) is 5. The van der Waals surface area contributed by atoms with Crippen molar-refractivity contribution < 1.29 is 19.0 Å². The van der Waals surface area contributed by atoms with Crippen LogP contribution in [-0.2, 0) is 11.2 Å². The van der Waals surface area contributed by atoms with E-state index in [0.29, 0.717) is 36.0 Å². The number of rotatable bonds is 8. The van der Waals surface area contributed by atoms with Gasteiger partial charge in [0.2, 0.25) is 11.7 Å². The first-order chi connectivity index (χ1) is 14.5. The molecule has 0 radical (unpaired) electrons. The van der Waals surface area contributed by atoms with Crippen molar-refractivity contribution in [1.29, 1.82) is 0 Å². The van der Waals surface area contributed by atoms with Crippen LogP contribution in [0.3, 0.4) is 0 Å². The number of methoxy groups -OCH3 is 3. The van der Waals surface area contributed by atoms with Gasteiger partial charge >= 0.3 is 0 Å². The van der Waals surface area contributed by atoms with Gasteiger partial charge in [0.25, 0.3) is 0 Å². The maximum Gasteiger partial charge on any atom is 0.222 e. The van der Waals surface area contributed by atoms with Crippen LogP contribution in [-0.4, -0.2) is 69.8 Å². The Hall–Kier alpha value is -1.95. The molecule has 2 fully saturated rings. The molecule has 0 spiro atoms. The summed E-state index contributed by atoms with van der Waals surface area (Å²) in [6, 6.07) is 3.87. The lowest BCUT2D eigenvalue weighted by molar-refractivity contribution is -0.133. The van der Waals surface area contributed by atoms with E-state index >= 15 is 0 Å². The van der Waals surface area contributed by atoms with E-state index < -0.39 is 0 Å². The zero-order valence-corrected chi connectivity index (χ0v) is 19.1. The fraction of sp³-hybridized carbons (Fsp3) is 0.708. The van der Waals surface area contributed by atoms with Gasteiger partial charge in [-0.3, -0.25) is 4.79 Å². The Bertz CT molecular complexity index is 675. The number of likely N-dealkylation sites (tertiary alicyclic amines) is 2. The number of nitrogens with zero attached hydrogens (tertiary/aromatic N) is 2. The molecule has 2 saturated heterocycles. The van der Waals surface area contributed by atoms with Crippen LogP contribution in [0.1, 0.15) is 44.6 Å². The number of carbonyl (C=O) groups is 1. The highest BCUT2D eigenvalue weighted by atomic mass is 16.5. The average Bonchev–Trinajstić information content (AvgIpc) is 2.78. The minimum Gasteiger partial charge on any atom is -0.493 e. The van der Waals surface area contributed by atoms with Crippen molar-refractivity contribution >= 4 is 5.91 Å². The molecule has 6 heteroatoms. The van der Waals surface area contributed by atoms with Crippen molar-refractivity contribution in [3.63, 3.8) is 0 Å². The molecule has 0 saturated carbocycles. The molecular formula is C24H38N2O4. The van der Waals surface area contributed by atoms with Gasteiger partial charge in [0.05, 0.1) is 21.3 Å². The van der Waals surface area contributed by atoms with Crippen LogP contribution >= 0.6 is 0 Å². The SMILES string of the molecule is COc1cc(CCC(=O)N2CCCC(CN3CCC(C)CC3)C2)cc(OC)c1OC. The van der Waals surface area contributed by atoms with Crippen molar-refractivity contribution in [2.24, 2.45) is 11.8 Å². The van der Waals surface area contributed by atoms with E-state index in [1.807, 2.05) is 12.1 Å². The Morgan fingerprint density at radius 2 is 1.67 bits per heavy atom. The molecule has 3 rings (SSSR count). The molecule has 30 heavy (non-hydrogen) atoms. The van der Waals surface area contributed by atoms with Crippen molar-refractivity contribution in [2.45, 2.75) is 45.4 Å². The lowest BCUT2D eigenvalue weighted by Gasteiger charge is -2.38. The zero-order valence-electron chi connectivity index (χ0n) is 19.1. The summed E-state index contributed by atoms with van der Waals surface area (Å²) in [6.07, 6.45) is 6.15. The number of amides is 1. The lowest BCUT2D eigenvalue weighted by atomic mass is 9.94. The third kappa shape index (κ3) is 5.81. The van der Waals surface area contributed by atoms with Gasteiger partial charge in [-0.2, -0.15) is 0 Å². The molecule has 1 atom stereocenters. The Labute approximate surface area is 181 Å². The number of ether oxygens (including phenoxy) is 3. The van der Waals surface area contributed by atoms with Crippen LogP contribution in [0.4, 0.5) is 0 Å². The van der Waals surface area contributed by atoms with Crippen LogP contribution in [0.2, 0.25) is 0 Å². The molecule has 0 bridgehead atoms. The molecule has 0 aromatic heterocycles. The summed E-state index contributed by atoms with van der Waals surface area (Å²) in [7, 11) is 4.83. The van der Waals surface area contributed by atoms with E-state index in [-0.39, 0.29) is 5.91 Å². The van der Waals surface area contributed by atoms with Gasteiger partial charge in [-0.1, -0.05) is 6.92 Å². The molecule has 6 nitrogen and oxygen atoms in total. The van der Waals surface area contributed by atoms with Gasteiger partial charge in [-0.15, -0.1) is 0 Å². The first kappa shape index (κ1) is 22.7. The maximum atomic E-state index is 12.9. The largest absolute Gasteiger partial charge is 0.493 e. The number of piperidine rings is 2. The fourth-order valence-corrected chi connectivity index (χ4v) is 4.74. The Morgan fingerprint density at radius 1 is 1.00 bits per heavy atom. The van der Waals surface area contributed by atoms with Crippen molar-refractivity contribution in [3.8, 4) is 17.2 Å². The van der Waals surface area contributed by atoms with E-state index in [1.54, 1.807) is 21.3 Å². The van der Waals surface area contributed by atoms with Gasteiger partial charge in [-0.05, 0) is 74.7 Å². The number of carbonyl (C=O) groups excluding carboxylic acids is 1. The highest BCUT2D eigenvalue weighted by Gasteiger charge is 2.26. The fourth-order valence-electron chi connectivity index (χ4n) is 4.74. The molecule has 0 aliphatic carbocycles. The summed E-state index contributed by atoms with van der Waals surface area (Å²) in [5, 5.41) is 0. The van der Waals surface area contributed by atoms with E-state index in [0.717, 1.165) is 37.5 Å². The maximum absolute atomic E-state index is 12.9. The number of hydrogen-bond donors (Lipinski definition) is 0. The van der Waals surface area contributed by atoms with E-state index in [9.17, 15) is 4.79 Å². The summed E-state index contributed by atoms with van der Waals surface area (Å²) in [5.41, 5.74) is 1.02. The predicted octanol–water partition coefficient (Wildman–Crippen LogP) is 3.62. The predicted molar refractivity (Wildman–Crippen MR) is 119 cm³/mol. The second-order valence-corrected chi connectivity index (χ2v) is 8.86. The highest BCUT2D eigenvalue weighted by Crippen LogP contribution is 2.38. The van der Waals surface area contributed by atoms with Crippen LogP contribution in [0.15, 0.2) is 12.1 Å². The monoisotopic (exact) mass is 418 g/mol. The van der Waals surface area contributed by atoms with Gasteiger partial charge in [0, 0.05) is 26.1 Å². The molecule has 168 valence electrons. The quantitative estimate of drug-likeness (QED) is 0.645. The second-order valence-electron chi connectivity index (χ2n) is 8.86. The molecule has 1 amide bonds. The van der Waals surface area contributed by atoms with Crippen molar-refractivity contribution in [2.75, 3.05) is 54.1 Å². The molecular weight excluding hydrogens is 380 g/mol. The zero-order chi connectivity index (χ0) is 21.5. The van der Waals surface area contributed by atoms with Gasteiger partial charge in [0.1, 0.15) is 0 Å². The molecule has 1 aromatic rings. The summed E-state index contributed by atoms with van der Waals surface area (Å²) < 4.78 is 16.2. The summed E-state index contributed by atoms with van der Waals surface area (Å²) in [5.74, 6) is 3.57. The van der Waals surface area contributed by atoms with E-state index in [4.69, 9.17) is 14.2 Å². The Morgan fingerprint density at radius 3 is 2.27 bits per heavy atom. The molecule has 2 aliphatic rings. The summed E-state index contributed by atoms with van der Waals surface area (Å²) >= 11 is 0. The standard InChI is InChI=1S/C24H38N2O4/c1-18-9-12-25(13-10-18)16-20-6-5-11-26(17-20)23(27)8-7-19-14-21(28-2)24(30-4)22(15-19)29-3/h14-15,18,20H,5-13,16-17H2,1-4H3. The second kappa shape index (κ2) is 10.9. The summed E-state index contributed by atoms with van der Waals surface area (Å²) in [6.45, 7) is 7.72. The molecule has 2 aliphatic heterocycles. The van der Waals surface area contributed by atoms with Gasteiger partial charge < -0.3 is 24.0 Å². The molecule has 1 aromatic carbocycles. The van der Waals surface area contributed by atoms with Crippen molar-refractivity contribution in [1.82, 2.24) is 9.80 Å². The lowest BCUT2D eigenvalue weighted by Crippen LogP contribution is -2.45. The Kier molecular flexibility index (Phi) is 8.25. The third-order valence-electron chi connectivity index (χ3n) is 6.62. The third-order valence-corrected chi connectivity index (χ3v) is 6.62. The van der Waals surface area contributed by atoms with Crippen LogP contribution in [0.25, 0.3) is 0 Å².